The first-order valence-electron chi connectivity index (χ1n) is 7.11. The summed E-state index contributed by atoms with van der Waals surface area (Å²) in [4.78, 5) is 0. The van der Waals surface area contributed by atoms with E-state index in [0.717, 1.165) is 18.7 Å². The molecule has 112 valence electrons. The van der Waals surface area contributed by atoms with Gasteiger partial charge < -0.3 is 10.1 Å². The maximum atomic E-state index is 6.14. The molecule has 0 spiro atoms. The Hall–Kier alpha value is -1.51. The molecule has 0 aliphatic rings. The molecule has 0 amide bonds. The summed E-state index contributed by atoms with van der Waals surface area (Å²) >= 11 is 6.14. The summed E-state index contributed by atoms with van der Waals surface area (Å²) in [5, 5.41) is 4.16. The Morgan fingerprint density at radius 1 is 1.10 bits per heavy atom. The third kappa shape index (κ3) is 4.23. The van der Waals surface area contributed by atoms with E-state index in [2.05, 4.69) is 43.4 Å². The Labute approximate surface area is 132 Å². The smallest absolute Gasteiger partial charge is 0.137 e. The van der Waals surface area contributed by atoms with Gasteiger partial charge in [-0.05, 0) is 23.3 Å². The van der Waals surface area contributed by atoms with Crippen LogP contribution in [0.1, 0.15) is 25.0 Å². The van der Waals surface area contributed by atoms with Crippen molar-refractivity contribution in [3.05, 3.63) is 64.7 Å². The summed E-state index contributed by atoms with van der Waals surface area (Å²) in [5.74, 6) is 0.713. The maximum absolute atomic E-state index is 6.14. The van der Waals surface area contributed by atoms with Crippen molar-refractivity contribution in [2.24, 2.45) is 0 Å². The maximum Gasteiger partial charge on any atom is 0.137 e. The molecule has 0 aliphatic heterocycles. The second-order valence-electron chi connectivity index (χ2n) is 5.82. The highest BCUT2D eigenvalue weighted by Gasteiger charge is 2.19. The number of benzene rings is 2. The van der Waals surface area contributed by atoms with Gasteiger partial charge in [0.2, 0.25) is 0 Å². The second-order valence-corrected chi connectivity index (χ2v) is 6.23. The zero-order valence-electron chi connectivity index (χ0n) is 12.8. The molecule has 0 aromatic heterocycles. The molecule has 2 nitrogen and oxygen atoms in total. The number of halogens is 1. The first-order valence-corrected chi connectivity index (χ1v) is 7.49. The summed E-state index contributed by atoms with van der Waals surface area (Å²) in [6.07, 6.45) is 0. The molecule has 21 heavy (non-hydrogen) atoms. The van der Waals surface area contributed by atoms with Crippen LogP contribution in [0.3, 0.4) is 0 Å². The quantitative estimate of drug-likeness (QED) is 0.853. The molecule has 2 rings (SSSR count). The average molecular weight is 304 g/mol. The van der Waals surface area contributed by atoms with Crippen LogP contribution in [-0.4, -0.2) is 13.7 Å². The van der Waals surface area contributed by atoms with Crippen molar-refractivity contribution in [2.75, 3.05) is 13.7 Å². The molecule has 2 aromatic rings. The zero-order valence-corrected chi connectivity index (χ0v) is 13.6. The first-order chi connectivity index (χ1) is 10.0. The van der Waals surface area contributed by atoms with E-state index >= 15 is 0 Å². The van der Waals surface area contributed by atoms with Gasteiger partial charge in [0.05, 0.1) is 12.1 Å². The fourth-order valence-corrected chi connectivity index (χ4v) is 2.61. The molecular formula is C18H22ClNO. The molecule has 0 bridgehead atoms. The molecule has 0 saturated heterocycles. The van der Waals surface area contributed by atoms with E-state index in [0.29, 0.717) is 10.8 Å². The Balaban J connectivity index is 1.93. The van der Waals surface area contributed by atoms with E-state index < -0.39 is 0 Å². The summed E-state index contributed by atoms with van der Waals surface area (Å²) in [6, 6.07) is 16.4. The fraction of sp³-hybridized carbons (Fsp3) is 0.333. The highest BCUT2D eigenvalue weighted by molar-refractivity contribution is 6.32. The third-order valence-electron chi connectivity index (χ3n) is 3.67. The second kappa shape index (κ2) is 6.97. The van der Waals surface area contributed by atoms with Crippen LogP contribution in [0.4, 0.5) is 0 Å². The van der Waals surface area contributed by atoms with Gasteiger partial charge in [0.1, 0.15) is 5.75 Å². The van der Waals surface area contributed by atoms with Gasteiger partial charge in [-0.1, -0.05) is 61.8 Å². The number of methoxy groups -OCH3 is 1. The first kappa shape index (κ1) is 15.9. The third-order valence-corrected chi connectivity index (χ3v) is 3.96. The van der Waals surface area contributed by atoms with Gasteiger partial charge in [0.15, 0.2) is 0 Å². The molecule has 0 saturated carbocycles. The molecule has 0 radical (unpaired) electrons. The number of rotatable bonds is 6. The lowest BCUT2D eigenvalue weighted by atomic mass is 9.84. The number of hydrogen-bond acceptors (Lipinski definition) is 2. The summed E-state index contributed by atoms with van der Waals surface area (Å²) in [7, 11) is 1.63. The predicted molar refractivity (Wildman–Crippen MR) is 89.2 cm³/mol. The van der Waals surface area contributed by atoms with Crippen molar-refractivity contribution in [3.8, 4) is 5.75 Å². The average Bonchev–Trinajstić information content (AvgIpc) is 2.48. The lowest BCUT2D eigenvalue weighted by molar-refractivity contribution is 0.414. The van der Waals surface area contributed by atoms with E-state index in [1.54, 1.807) is 7.11 Å². The number of nitrogens with one attached hydrogen (secondary N) is 1. The van der Waals surface area contributed by atoms with Gasteiger partial charge in [-0.25, -0.2) is 0 Å². The van der Waals surface area contributed by atoms with Crippen molar-refractivity contribution in [1.29, 1.82) is 0 Å². The lowest BCUT2D eigenvalue weighted by Crippen LogP contribution is -2.32. The molecule has 0 atom stereocenters. The van der Waals surface area contributed by atoms with Crippen LogP contribution in [-0.2, 0) is 12.0 Å². The molecule has 3 heteroatoms. The highest BCUT2D eigenvalue weighted by Crippen LogP contribution is 2.25. The molecule has 0 unspecified atom stereocenters. The topological polar surface area (TPSA) is 21.3 Å². The van der Waals surface area contributed by atoms with E-state index in [1.807, 2.05) is 24.3 Å². The lowest BCUT2D eigenvalue weighted by Gasteiger charge is -2.25. The number of hydrogen-bond donors (Lipinski definition) is 1. The van der Waals surface area contributed by atoms with Gasteiger partial charge >= 0.3 is 0 Å². The van der Waals surface area contributed by atoms with Gasteiger partial charge in [-0.3, -0.25) is 0 Å². The van der Waals surface area contributed by atoms with E-state index in [4.69, 9.17) is 16.3 Å². The zero-order chi connectivity index (χ0) is 15.3. The van der Waals surface area contributed by atoms with Crippen molar-refractivity contribution < 1.29 is 4.74 Å². The Bertz CT molecular complexity index is 581. The molecule has 0 aliphatic carbocycles. The molecule has 0 heterocycles. The normalized spacial score (nSPS) is 11.4. The van der Waals surface area contributed by atoms with Crippen LogP contribution in [0.5, 0.6) is 5.75 Å². The monoisotopic (exact) mass is 303 g/mol. The molecule has 2 aromatic carbocycles. The van der Waals surface area contributed by atoms with Crippen molar-refractivity contribution in [2.45, 2.75) is 25.8 Å². The van der Waals surface area contributed by atoms with Crippen LogP contribution in [0, 0.1) is 0 Å². The van der Waals surface area contributed by atoms with Crippen LogP contribution >= 0.6 is 11.6 Å². The number of ether oxygens (including phenoxy) is 1. The van der Waals surface area contributed by atoms with Crippen LogP contribution in [0.25, 0.3) is 0 Å². The Morgan fingerprint density at radius 3 is 2.43 bits per heavy atom. The van der Waals surface area contributed by atoms with Crippen LogP contribution in [0.2, 0.25) is 5.02 Å². The molecule has 0 fully saturated rings. The summed E-state index contributed by atoms with van der Waals surface area (Å²) < 4.78 is 5.16. The minimum absolute atomic E-state index is 0.0948. The Kier molecular flexibility index (Phi) is 5.27. The largest absolute Gasteiger partial charge is 0.495 e. The van der Waals surface area contributed by atoms with Crippen molar-refractivity contribution in [1.82, 2.24) is 5.32 Å². The fourth-order valence-electron chi connectivity index (χ4n) is 2.33. The van der Waals surface area contributed by atoms with Gasteiger partial charge in [-0.2, -0.15) is 0 Å². The van der Waals surface area contributed by atoms with E-state index in [9.17, 15) is 0 Å². The van der Waals surface area contributed by atoms with Crippen molar-refractivity contribution >= 4 is 11.6 Å². The standard InChI is InChI=1S/C18H22ClNO/c1-18(2,15-7-5-4-6-8-15)13-20-12-14-9-10-17(21-3)16(19)11-14/h4-11,20H,12-13H2,1-3H3. The minimum Gasteiger partial charge on any atom is -0.495 e. The van der Waals surface area contributed by atoms with Crippen LogP contribution < -0.4 is 10.1 Å². The van der Waals surface area contributed by atoms with Gasteiger partial charge in [0.25, 0.3) is 0 Å². The van der Waals surface area contributed by atoms with E-state index in [1.165, 1.54) is 5.56 Å². The molecule has 1 N–H and O–H groups in total. The molecular weight excluding hydrogens is 282 g/mol. The summed E-state index contributed by atoms with van der Waals surface area (Å²) in [5.41, 5.74) is 2.59. The van der Waals surface area contributed by atoms with E-state index in [-0.39, 0.29) is 5.41 Å². The van der Waals surface area contributed by atoms with Crippen LogP contribution in [0.15, 0.2) is 48.5 Å². The van der Waals surface area contributed by atoms with Crippen molar-refractivity contribution in [3.63, 3.8) is 0 Å². The Morgan fingerprint density at radius 2 is 1.81 bits per heavy atom. The predicted octanol–water partition coefficient (Wildman–Crippen LogP) is 4.42. The highest BCUT2D eigenvalue weighted by atomic mass is 35.5. The minimum atomic E-state index is 0.0948. The van der Waals surface area contributed by atoms with Gasteiger partial charge in [-0.15, -0.1) is 0 Å². The van der Waals surface area contributed by atoms with Gasteiger partial charge in [0, 0.05) is 18.5 Å². The summed E-state index contributed by atoms with van der Waals surface area (Å²) in [6.45, 7) is 6.19. The SMILES string of the molecule is COc1ccc(CNCC(C)(C)c2ccccc2)cc1Cl.